The van der Waals surface area contributed by atoms with Gasteiger partial charge in [-0.1, -0.05) is 78.3 Å². The predicted molar refractivity (Wildman–Crippen MR) is 83.0 cm³/mol. The van der Waals surface area contributed by atoms with Crippen molar-refractivity contribution in [1.82, 2.24) is 0 Å². The maximum absolute atomic E-state index is 4.90. The van der Waals surface area contributed by atoms with Crippen LogP contribution in [0.5, 0.6) is 0 Å². The Bertz CT molecular complexity index is 99.8. The van der Waals surface area contributed by atoms with Crippen LogP contribution in [0.3, 0.4) is 0 Å². The Hall–Kier alpha value is -0.0151. The number of rotatable bonds is 10. The van der Waals surface area contributed by atoms with E-state index < -0.39 is 0 Å². The molecule has 0 bridgehead atoms. The predicted octanol–water partition coefficient (Wildman–Crippen LogP) is 3.79. The van der Waals surface area contributed by atoms with Crippen LogP contribution in [0.2, 0.25) is 19.0 Å². The molecule has 0 aliphatic heterocycles. The van der Waals surface area contributed by atoms with E-state index >= 15 is 0 Å². The molecule has 0 amide bonds. The highest BCUT2D eigenvalue weighted by Gasteiger charge is 2.10. The lowest BCUT2D eigenvalue weighted by molar-refractivity contribution is 0.812. The first kappa shape index (κ1) is 19.3. The van der Waals surface area contributed by atoms with Crippen molar-refractivity contribution in [3.63, 3.8) is 0 Å². The lowest BCUT2D eigenvalue weighted by Gasteiger charge is -2.11. The van der Waals surface area contributed by atoms with Gasteiger partial charge in [-0.05, 0) is 0 Å². The van der Waals surface area contributed by atoms with E-state index in [0.29, 0.717) is 13.1 Å². The first-order valence-corrected chi connectivity index (χ1v) is 7.66. The van der Waals surface area contributed by atoms with Crippen molar-refractivity contribution in [2.75, 3.05) is 13.1 Å². The lowest BCUT2D eigenvalue weighted by atomic mass is 9.41. The molecule has 0 aromatic rings. The molecule has 0 aliphatic carbocycles. The molecule has 0 aliphatic rings. The standard InChI is InChI=1S/C12H27B.C2H8N2/c1-4-7-10-13(11-8-5-2)12-9-6-3;3-1-2-4/h4-12H2,1-3H3;1-4H2. The Morgan fingerprint density at radius 2 is 0.941 bits per heavy atom. The van der Waals surface area contributed by atoms with Crippen molar-refractivity contribution in [3.8, 4) is 0 Å². The lowest BCUT2D eigenvalue weighted by Crippen LogP contribution is -2.11. The molecule has 0 atom stereocenters. The summed E-state index contributed by atoms with van der Waals surface area (Å²) < 4.78 is 0. The summed E-state index contributed by atoms with van der Waals surface area (Å²) in [7, 11) is 0. The fraction of sp³-hybridized carbons (Fsp3) is 1.00. The van der Waals surface area contributed by atoms with Gasteiger partial charge in [-0.3, -0.25) is 0 Å². The van der Waals surface area contributed by atoms with Gasteiger partial charge < -0.3 is 11.5 Å². The van der Waals surface area contributed by atoms with Gasteiger partial charge in [-0.15, -0.1) is 0 Å². The molecule has 2 nitrogen and oxygen atoms in total. The van der Waals surface area contributed by atoms with Crippen molar-refractivity contribution in [2.24, 2.45) is 11.5 Å². The summed E-state index contributed by atoms with van der Waals surface area (Å²) in [6, 6.07) is 0. The molecule has 0 fully saturated rings. The molecule has 104 valence electrons. The Morgan fingerprint density at radius 1 is 0.647 bits per heavy atom. The van der Waals surface area contributed by atoms with Crippen LogP contribution in [-0.2, 0) is 0 Å². The molecule has 0 saturated heterocycles. The summed E-state index contributed by atoms with van der Waals surface area (Å²) in [5, 5.41) is 0. The second kappa shape index (κ2) is 18.4. The highest BCUT2D eigenvalue weighted by molar-refractivity contribution is 6.58. The summed E-state index contributed by atoms with van der Waals surface area (Å²) in [6.45, 7) is 9.14. The Balaban J connectivity index is 0. The molecule has 17 heavy (non-hydrogen) atoms. The summed E-state index contributed by atoms with van der Waals surface area (Å²) in [5.41, 5.74) is 9.81. The molecule has 0 heterocycles. The van der Waals surface area contributed by atoms with Crippen molar-refractivity contribution in [1.29, 1.82) is 0 Å². The van der Waals surface area contributed by atoms with E-state index in [0.717, 1.165) is 6.71 Å². The molecule has 0 aromatic heterocycles. The van der Waals surface area contributed by atoms with Gasteiger partial charge in [-0.25, -0.2) is 0 Å². The van der Waals surface area contributed by atoms with Gasteiger partial charge in [0, 0.05) is 13.1 Å². The molecular weight excluding hydrogens is 207 g/mol. The van der Waals surface area contributed by atoms with Crippen LogP contribution in [0, 0.1) is 0 Å². The zero-order chi connectivity index (χ0) is 13.4. The zero-order valence-electron chi connectivity index (χ0n) is 12.5. The van der Waals surface area contributed by atoms with Crippen LogP contribution in [0.15, 0.2) is 0 Å². The minimum absolute atomic E-state index is 0.597. The van der Waals surface area contributed by atoms with Crippen LogP contribution in [0.25, 0.3) is 0 Å². The molecule has 0 unspecified atom stereocenters. The van der Waals surface area contributed by atoms with E-state index in [1.54, 1.807) is 0 Å². The highest BCUT2D eigenvalue weighted by atomic mass is 14.6. The van der Waals surface area contributed by atoms with Crippen LogP contribution in [-0.4, -0.2) is 19.8 Å². The van der Waals surface area contributed by atoms with Gasteiger partial charge in [0.15, 0.2) is 0 Å². The van der Waals surface area contributed by atoms with Gasteiger partial charge in [-0.2, -0.15) is 0 Å². The zero-order valence-corrected chi connectivity index (χ0v) is 12.5. The smallest absolute Gasteiger partial charge is 0.139 e. The minimum atomic E-state index is 0.597. The van der Waals surface area contributed by atoms with Crippen LogP contribution in [0.1, 0.15) is 59.3 Å². The van der Waals surface area contributed by atoms with Crippen LogP contribution >= 0.6 is 0 Å². The average molecular weight is 242 g/mol. The third kappa shape index (κ3) is 18.5. The van der Waals surface area contributed by atoms with E-state index in [2.05, 4.69) is 20.8 Å². The van der Waals surface area contributed by atoms with Gasteiger partial charge in [0.1, 0.15) is 6.71 Å². The highest BCUT2D eigenvalue weighted by Crippen LogP contribution is 2.16. The van der Waals surface area contributed by atoms with E-state index in [9.17, 15) is 0 Å². The molecule has 0 saturated carbocycles. The Morgan fingerprint density at radius 3 is 1.12 bits per heavy atom. The number of hydrogen-bond acceptors (Lipinski definition) is 2. The summed E-state index contributed by atoms with van der Waals surface area (Å²) >= 11 is 0. The van der Waals surface area contributed by atoms with Crippen molar-refractivity contribution < 1.29 is 0 Å². The normalized spacial score (nSPS) is 9.71. The largest absolute Gasteiger partial charge is 0.329 e. The van der Waals surface area contributed by atoms with E-state index in [4.69, 9.17) is 11.5 Å². The molecule has 0 radical (unpaired) electrons. The molecule has 0 aromatic carbocycles. The average Bonchev–Trinajstić information content (AvgIpc) is 2.38. The monoisotopic (exact) mass is 242 g/mol. The Labute approximate surface area is 110 Å². The first-order chi connectivity index (χ1) is 8.26. The second-order valence-electron chi connectivity index (χ2n) is 4.87. The number of nitrogens with two attached hydrogens (primary N) is 2. The summed E-state index contributed by atoms with van der Waals surface area (Å²) in [4.78, 5) is 0. The van der Waals surface area contributed by atoms with Crippen LogP contribution < -0.4 is 11.5 Å². The van der Waals surface area contributed by atoms with Crippen molar-refractivity contribution in [3.05, 3.63) is 0 Å². The summed E-state index contributed by atoms with van der Waals surface area (Å²) in [5.74, 6) is 0. The third-order valence-corrected chi connectivity index (χ3v) is 3.06. The number of unbranched alkanes of at least 4 members (excludes halogenated alkanes) is 3. The van der Waals surface area contributed by atoms with Gasteiger partial charge in [0.25, 0.3) is 0 Å². The van der Waals surface area contributed by atoms with E-state index in [1.807, 2.05) is 0 Å². The van der Waals surface area contributed by atoms with E-state index in [-0.39, 0.29) is 0 Å². The quantitative estimate of drug-likeness (QED) is 0.573. The van der Waals surface area contributed by atoms with Crippen molar-refractivity contribution >= 4 is 6.71 Å². The Kier molecular flexibility index (Phi) is 20.9. The second-order valence-corrected chi connectivity index (χ2v) is 4.87. The number of hydrogen-bond donors (Lipinski definition) is 2. The minimum Gasteiger partial charge on any atom is -0.329 e. The molecule has 0 spiro atoms. The van der Waals surface area contributed by atoms with Gasteiger partial charge in [0.05, 0.1) is 0 Å². The van der Waals surface area contributed by atoms with Crippen molar-refractivity contribution in [2.45, 2.75) is 78.3 Å². The fourth-order valence-electron chi connectivity index (χ4n) is 1.91. The molecule has 3 heteroatoms. The third-order valence-electron chi connectivity index (χ3n) is 3.06. The molecular formula is C14H35BN2. The molecule has 4 N–H and O–H groups in total. The van der Waals surface area contributed by atoms with E-state index in [1.165, 1.54) is 57.5 Å². The van der Waals surface area contributed by atoms with Gasteiger partial charge in [0.2, 0.25) is 0 Å². The fourth-order valence-corrected chi connectivity index (χ4v) is 1.91. The SMILES string of the molecule is CCCCB(CCCC)CCCC.NCCN. The summed E-state index contributed by atoms with van der Waals surface area (Å²) in [6.07, 6.45) is 12.9. The molecule has 0 rings (SSSR count). The maximum Gasteiger partial charge on any atom is 0.139 e. The topological polar surface area (TPSA) is 52.0 Å². The van der Waals surface area contributed by atoms with Gasteiger partial charge >= 0.3 is 0 Å². The maximum atomic E-state index is 4.90. The van der Waals surface area contributed by atoms with Crippen LogP contribution in [0.4, 0.5) is 0 Å². The first-order valence-electron chi connectivity index (χ1n) is 7.66.